The zero-order valence-electron chi connectivity index (χ0n) is 52.4. The van der Waals surface area contributed by atoms with Gasteiger partial charge in [0.15, 0.2) is 12.2 Å². The Kier molecular flexibility index (Phi) is 51.1. The van der Waals surface area contributed by atoms with E-state index in [1.54, 1.807) is 0 Å². The van der Waals surface area contributed by atoms with Gasteiger partial charge >= 0.3 is 39.5 Å². The van der Waals surface area contributed by atoms with Crippen LogP contribution in [0.3, 0.4) is 0 Å². The van der Waals surface area contributed by atoms with Crippen LogP contribution in [0.1, 0.15) is 293 Å². The molecule has 480 valence electrons. The van der Waals surface area contributed by atoms with Crippen molar-refractivity contribution >= 4 is 39.5 Å². The topological polar surface area (TPSA) is 237 Å². The quantitative estimate of drug-likeness (QED) is 0.0222. The van der Waals surface area contributed by atoms with Gasteiger partial charge in [-0.25, -0.2) is 9.13 Å². The second-order valence-electron chi connectivity index (χ2n) is 24.1. The van der Waals surface area contributed by atoms with E-state index < -0.39 is 97.5 Å². The fourth-order valence-electron chi connectivity index (χ4n) is 9.04. The molecule has 0 aromatic heterocycles. The van der Waals surface area contributed by atoms with E-state index in [1.165, 1.54) is 89.9 Å². The van der Waals surface area contributed by atoms with Gasteiger partial charge in [0.2, 0.25) is 0 Å². The zero-order valence-corrected chi connectivity index (χ0v) is 54.2. The van der Waals surface area contributed by atoms with Gasteiger partial charge in [0.1, 0.15) is 19.3 Å². The van der Waals surface area contributed by atoms with Gasteiger partial charge in [-0.05, 0) is 49.4 Å². The number of rotatable bonds is 59. The summed E-state index contributed by atoms with van der Waals surface area (Å²) in [5, 5.41) is 10.5. The minimum absolute atomic E-state index is 0.100. The van der Waals surface area contributed by atoms with Crippen LogP contribution in [-0.2, 0) is 65.4 Å². The summed E-state index contributed by atoms with van der Waals surface area (Å²) >= 11 is 0. The number of esters is 4. The highest BCUT2D eigenvalue weighted by atomic mass is 31.2. The maximum Gasteiger partial charge on any atom is 0.472 e. The molecule has 6 atom stereocenters. The smallest absolute Gasteiger partial charge is 0.462 e. The molecule has 81 heavy (non-hydrogen) atoms. The lowest BCUT2D eigenvalue weighted by Crippen LogP contribution is -2.30. The van der Waals surface area contributed by atoms with E-state index in [0.29, 0.717) is 37.5 Å². The number of hydrogen-bond acceptors (Lipinski definition) is 15. The Balaban J connectivity index is 5.24. The van der Waals surface area contributed by atoms with Gasteiger partial charge in [0.25, 0.3) is 0 Å². The largest absolute Gasteiger partial charge is 0.472 e. The van der Waals surface area contributed by atoms with Gasteiger partial charge in [-0.1, -0.05) is 242 Å². The van der Waals surface area contributed by atoms with Crippen LogP contribution in [0.15, 0.2) is 0 Å². The monoisotopic (exact) mass is 1200 g/mol. The summed E-state index contributed by atoms with van der Waals surface area (Å²) in [5.74, 6) is 0.692. The SMILES string of the molecule is CCC(C)CCCCCCCCC(=O)OC[C@H](COP(=O)(O)OC[C@H](O)COP(=O)(O)OC[C@@H](COC(=O)CCCCCCCCCCCC(C)C)OC(=O)CCCCCCCCCC(C)C)OC(=O)CCCCCCCCC(C)C. The van der Waals surface area contributed by atoms with Crippen molar-refractivity contribution in [1.82, 2.24) is 0 Å². The van der Waals surface area contributed by atoms with E-state index >= 15 is 0 Å². The van der Waals surface area contributed by atoms with Crippen molar-refractivity contribution < 1.29 is 80.2 Å². The Morgan fingerprint density at radius 3 is 0.877 bits per heavy atom. The minimum atomic E-state index is -4.94. The number of aliphatic hydroxyl groups is 1. The second kappa shape index (κ2) is 52.4. The van der Waals surface area contributed by atoms with Crippen molar-refractivity contribution in [3.05, 3.63) is 0 Å². The first-order valence-electron chi connectivity index (χ1n) is 32.2. The van der Waals surface area contributed by atoms with Crippen LogP contribution in [0.2, 0.25) is 0 Å². The van der Waals surface area contributed by atoms with Crippen molar-refractivity contribution in [3.63, 3.8) is 0 Å². The molecule has 3 N–H and O–H groups in total. The minimum Gasteiger partial charge on any atom is -0.462 e. The fraction of sp³-hybridized carbons (Fsp3) is 0.935. The van der Waals surface area contributed by atoms with Gasteiger partial charge in [-0.15, -0.1) is 0 Å². The molecule has 19 heteroatoms. The first kappa shape index (κ1) is 79.1. The molecule has 0 aromatic rings. The molecule has 0 spiro atoms. The van der Waals surface area contributed by atoms with Crippen LogP contribution < -0.4 is 0 Å². The van der Waals surface area contributed by atoms with Gasteiger partial charge in [0, 0.05) is 25.7 Å². The molecular weight excluding hydrogens is 1080 g/mol. The van der Waals surface area contributed by atoms with Crippen LogP contribution >= 0.6 is 15.6 Å². The number of phosphoric ester groups is 2. The number of phosphoric acid groups is 2. The van der Waals surface area contributed by atoms with Crippen LogP contribution in [0.5, 0.6) is 0 Å². The predicted molar refractivity (Wildman–Crippen MR) is 321 cm³/mol. The van der Waals surface area contributed by atoms with Crippen LogP contribution in [-0.4, -0.2) is 96.7 Å². The highest BCUT2D eigenvalue weighted by Gasteiger charge is 2.30. The first-order chi connectivity index (χ1) is 38.6. The molecule has 0 aromatic carbocycles. The summed E-state index contributed by atoms with van der Waals surface area (Å²) in [6, 6.07) is 0. The van der Waals surface area contributed by atoms with Gasteiger partial charge < -0.3 is 33.8 Å². The van der Waals surface area contributed by atoms with E-state index in [1.807, 2.05) is 0 Å². The molecule has 0 saturated heterocycles. The molecule has 0 aliphatic heterocycles. The third-order valence-electron chi connectivity index (χ3n) is 14.4. The number of carbonyl (C=O) groups excluding carboxylic acids is 4. The Labute approximate surface area is 492 Å². The standard InChI is InChI=1S/C62H120O17P2/c1-9-55(8)41-33-25-19-21-27-35-43-60(65)73-49-58(79-62(67)45-37-29-20-18-24-32-40-54(6)7)51-77-81(70,71)75-47-56(63)46-74-80(68,69)76-50-57(78-61(66)44-36-28-17-13-15-23-31-39-53(4)5)48-72-59(64)42-34-26-16-12-10-11-14-22-30-38-52(2)3/h52-58,63H,9-51H2,1-8H3,(H,68,69)(H,70,71)/t55?,56-,57-,58-/m1/s1. The van der Waals surface area contributed by atoms with Crippen molar-refractivity contribution in [1.29, 1.82) is 0 Å². The lowest BCUT2D eigenvalue weighted by molar-refractivity contribution is -0.161. The highest BCUT2D eigenvalue weighted by molar-refractivity contribution is 7.47. The summed E-state index contributed by atoms with van der Waals surface area (Å²) in [5.41, 5.74) is 0. The second-order valence-corrected chi connectivity index (χ2v) is 27.0. The van der Waals surface area contributed by atoms with Gasteiger partial charge in [0.05, 0.1) is 26.4 Å². The van der Waals surface area contributed by atoms with Crippen molar-refractivity contribution in [2.45, 2.75) is 311 Å². The number of hydrogen-bond donors (Lipinski definition) is 3. The summed E-state index contributed by atoms with van der Waals surface area (Å²) in [6.45, 7) is 13.9. The molecule has 0 aliphatic rings. The van der Waals surface area contributed by atoms with Gasteiger partial charge in [-0.2, -0.15) is 0 Å². The Bertz CT molecular complexity index is 1630. The molecule has 0 radical (unpaired) electrons. The maximum atomic E-state index is 12.9. The molecule has 0 rings (SSSR count). The average molecular weight is 1200 g/mol. The average Bonchev–Trinajstić information content (AvgIpc) is 3.41. The molecule has 0 saturated carbocycles. The summed E-state index contributed by atoms with van der Waals surface area (Å²) in [6.07, 6.45) is 31.0. The van der Waals surface area contributed by atoms with E-state index in [2.05, 4.69) is 55.4 Å². The fourth-order valence-corrected chi connectivity index (χ4v) is 10.6. The maximum absolute atomic E-state index is 12.9. The summed E-state index contributed by atoms with van der Waals surface area (Å²) in [4.78, 5) is 72.1. The molecular formula is C62H120O17P2. The van der Waals surface area contributed by atoms with Crippen LogP contribution in [0.25, 0.3) is 0 Å². The number of carbonyl (C=O) groups is 4. The molecule has 17 nitrogen and oxygen atoms in total. The molecule has 0 bridgehead atoms. The number of unbranched alkanes of at least 4 members (excludes halogenated alkanes) is 24. The van der Waals surface area contributed by atoms with Crippen LogP contribution in [0.4, 0.5) is 0 Å². The first-order valence-corrected chi connectivity index (χ1v) is 35.2. The van der Waals surface area contributed by atoms with Crippen LogP contribution in [0, 0.1) is 23.7 Å². The number of ether oxygens (including phenoxy) is 4. The Hall–Kier alpha value is -1.94. The zero-order chi connectivity index (χ0) is 60.4. The lowest BCUT2D eigenvalue weighted by atomic mass is 10.00. The molecule has 0 heterocycles. The predicted octanol–water partition coefficient (Wildman–Crippen LogP) is 16.6. The summed E-state index contributed by atoms with van der Waals surface area (Å²) < 4.78 is 67.8. The highest BCUT2D eigenvalue weighted by Crippen LogP contribution is 2.45. The lowest BCUT2D eigenvalue weighted by Gasteiger charge is -2.21. The van der Waals surface area contributed by atoms with E-state index in [9.17, 15) is 43.2 Å². The molecule has 0 aliphatic carbocycles. The molecule has 0 amide bonds. The molecule has 0 fully saturated rings. The van der Waals surface area contributed by atoms with Crippen molar-refractivity contribution in [2.24, 2.45) is 23.7 Å². The van der Waals surface area contributed by atoms with E-state index in [-0.39, 0.29) is 25.7 Å². The molecule has 3 unspecified atom stereocenters. The Morgan fingerprint density at radius 1 is 0.346 bits per heavy atom. The normalized spacial score (nSPS) is 14.8. The Morgan fingerprint density at radius 2 is 0.593 bits per heavy atom. The van der Waals surface area contributed by atoms with E-state index in [4.69, 9.17) is 37.0 Å². The third kappa shape index (κ3) is 55.7. The third-order valence-corrected chi connectivity index (χ3v) is 16.3. The van der Waals surface area contributed by atoms with E-state index in [0.717, 1.165) is 108 Å². The number of aliphatic hydroxyl groups excluding tert-OH is 1. The van der Waals surface area contributed by atoms with Crippen molar-refractivity contribution in [2.75, 3.05) is 39.6 Å². The van der Waals surface area contributed by atoms with Gasteiger partial charge in [-0.3, -0.25) is 37.3 Å². The summed E-state index contributed by atoms with van der Waals surface area (Å²) in [7, 11) is -9.88. The van der Waals surface area contributed by atoms with Crippen molar-refractivity contribution in [3.8, 4) is 0 Å².